The van der Waals surface area contributed by atoms with E-state index in [1.807, 2.05) is 24.1 Å². The van der Waals surface area contributed by atoms with Crippen LogP contribution >= 0.6 is 23.2 Å². The summed E-state index contributed by atoms with van der Waals surface area (Å²) < 4.78 is 1.92. The van der Waals surface area contributed by atoms with Crippen LogP contribution in [0.15, 0.2) is 24.7 Å². The molecule has 1 atom stereocenters. The summed E-state index contributed by atoms with van der Waals surface area (Å²) in [5.41, 5.74) is 1.79. The van der Waals surface area contributed by atoms with Gasteiger partial charge >= 0.3 is 0 Å². The molecule has 0 bridgehead atoms. The number of rotatable bonds is 5. The monoisotopic (exact) mass is 298 g/mol. The third kappa shape index (κ3) is 3.26. The van der Waals surface area contributed by atoms with E-state index in [1.165, 1.54) is 0 Å². The number of nitrogens with zero attached hydrogens (tertiary/aromatic N) is 3. The van der Waals surface area contributed by atoms with Gasteiger partial charge in [0.05, 0.1) is 28.0 Å². The fourth-order valence-electron chi connectivity index (χ4n) is 1.98. The van der Waals surface area contributed by atoms with Gasteiger partial charge in [0.15, 0.2) is 0 Å². The molecule has 0 aliphatic rings. The fraction of sp³-hybridized carbons (Fsp3) is 0.385. The summed E-state index contributed by atoms with van der Waals surface area (Å²) in [4.78, 5) is 4.32. The number of halogens is 2. The maximum absolute atomic E-state index is 6.21. The van der Waals surface area contributed by atoms with E-state index < -0.39 is 0 Å². The lowest BCUT2D eigenvalue weighted by molar-refractivity contribution is 0.600. The predicted octanol–water partition coefficient (Wildman–Crippen LogP) is 3.30. The minimum Gasteiger partial charge on any atom is -0.308 e. The lowest BCUT2D eigenvalue weighted by Crippen LogP contribution is -2.19. The molecule has 6 heteroatoms. The van der Waals surface area contributed by atoms with E-state index in [2.05, 4.69) is 22.3 Å². The highest BCUT2D eigenvalue weighted by molar-refractivity contribution is 6.34. The van der Waals surface area contributed by atoms with E-state index >= 15 is 0 Å². The standard InChI is InChI=1S/C13H16Cl2N4/c1-3-4-19-8-9(6-18-19)12(16-2)13-11(15)5-10(14)7-17-13/h5-8,12,16H,3-4H2,1-2H3. The summed E-state index contributed by atoms with van der Waals surface area (Å²) in [6, 6.07) is 1.61. The fourth-order valence-corrected chi connectivity index (χ4v) is 2.47. The van der Waals surface area contributed by atoms with Crippen molar-refractivity contribution in [3.05, 3.63) is 46.0 Å². The first-order chi connectivity index (χ1) is 9.15. The van der Waals surface area contributed by atoms with Crippen molar-refractivity contribution in [1.82, 2.24) is 20.1 Å². The zero-order chi connectivity index (χ0) is 13.8. The summed E-state index contributed by atoms with van der Waals surface area (Å²) in [6.45, 7) is 3.02. The second-order valence-corrected chi connectivity index (χ2v) is 5.12. The van der Waals surface area contributed by atoms with Crippen LogP contribution in [0.3, 0.4) is 0 Å². The summed E-state index contributed by atoms with van der Waals surface area (Å²) >= 11 is 12.1. The van der Waals surface area contributed by atoms with Crippen LogP contribution in [-0.2, 0) is 6.54 Å². The third-order valence-corrected chi connectivity index (χ3v) is 3.35. The Morgan fingerprint density at radius 2 is 2.16 bits per heavy atom. The Kier molecular flexibility index (Phi) is 4.80. The molecule has 0 fully saturated rings. The molecule has 4 nitrogen and oxygen atoms in total. The molecule has 2 heterocycles. The molecule has 0 spiro atoms. The Bertz CT molecular complexity index is 553. The zero-order valence-corrected chi connectivity index (χ0v) is 12.4. The Morgan fingerprint density at radius 3 is 2.79 bits per heavy atom. The van der Waals surface area contributed by atoms with Crippen LogP contribution in [0.1, 0.15) is 30.6 Å². The maximum atomic E-state index is 6.21. The van der Waals surface area contributed by atoms with Crippen LogP contribution in [-0.4, -0.2) is 21.8 Å². The molecule has 1 N–H and O–H groups in total. The summed E-state index contributed by atoms with van der Waals surface area (Å²) in [7, 11) is 1.87. The van der Waals surface area contributed by atoms with Crippen LogP contribution in [0.4, 0.5) is 0 Å². The van der Waals surface area contributed by atoms with Crippen molar-refractivity contribution in [2.45, 2.75) is 25.9 Å². The van der Waals surface area contributed by atoms with Crippen LogP contribution in [0.25, 0.3) is 0 Å². The number of hydrogen-bond acceptors (Lipinski definition) is 3. The average Bonchev–Trinajstić information content (AvgIpc) is 2.82. The predicted molar refractivity (Wildman–Crippen MR) is 77.7 cm³/mol. The first-order valence-corrected chi connectivity index (χ1v) is 6.91. The van der Waals surface area contributed by atoms with Crippen molar-refractivity contribution in [1.29, 1.82) is 0 Å². The van der Waals surface area contributed by atoms with Gasteiger partial charge in [0.25, 0.3) is 0 Å². The topological polar surface area (TPSA) is 42.7 Å². The van der Waals surface area contributed by atoms with Gasteiger partial charge in [0, 0.05) is 24.5 Å². The van der Waals surface area contributed by atoms with E-state index in [4.69, 9.17) is 23.2 Å². The zero-order valence-electron chi connectivity index (χ0n) is 10.9. The van der Waals surface area contributed by atoms with Crippen LogP contribution in [0, 0.1) is 0 Å². The molecule has 1 unspecified atom stereocenters. The van der Waals surface area contributed by atoms with Crippen LogP contribution in [0.5, 0.6) is 0 Å². The van der Waals surface area contributed by atoms with Crippen molar-refractivity contribution in [2.24, 2.45) is 0 Å². The lowest BCUT2D eigenvalue weighted by Gasteiger charge is -2.15. The molecule has 0 aliphatic carbocycles. The summed E-state index contributed by atoms with van der Waals surface area (Å²) in [6.07, 6.45) is 6.50. The van der Waals surface area contributed by atoms with Crippen molar-refractivity contribution in [2.75, 3.05) is 7.05 Å². The largest absolute Gasteiger partial charge is 0.308 e. The van der Waals surface area contributed by atoms with Crippen LogP contribution in [0.2, 0.25) is 10.0 Å². The van der Waals surface area contributed by atoms with Gasteiger partial charge in [0.2, 0.25) is 0 Å². The summed E-state index contributed by atoms with van der Waals surface area (Å²) in [5.74, 6) is 0. The summed E-state index contributed by atoms with van der Waals surface area (Å²) in [5, 5.41) is 8.62. The maximum Gasteiger partial charge on any atom is 0.0806 e. The molecule has 2 rings (SSSR count). The molecular weight excluding hydrogens is 283 g/mol. The van der Waals surface area contributed by atoms with Crippen molar-refractivity contribution in [3.8, 4) is 0 Å². The number of aromatic nitrogens is 3. The second-order valence-electron chi connectivity index (χ2n) is 4.28. The van der Waals surface area contributed by atoms with Gasteiger partial charge in [-0.05, 0) is 19.5 Å². The molecule has 102 valence electrons. The molecule has 0 saturated carbocycles. The minimum atomic E-state index is -0.0876. The highest BCUT2D eigenvalue weighted by Crippen LogP contribution is 2.27. The van der Waals surface area contributed by atoms with E-state index in [9.17, 15) is 0 Å². The van der Waals surface area contributed by atoms with E-state index in [0.717, 1.165) is 24.2 Å². The number of nitrogens with one attached hydrogen (secondary N) is 1. The number of hydrogen-bond donors (Lipinski definition) is 1. The van der Waals surface area contributed by atoms with Gasteiger partial charge in [-0.25, -0.2) is 0 Å². The number of pyridine rings is 1. The highest BCUT2D eigenvalue weighted by Gasteiger charge is 2.18. The van der Waals surface area contributed by atoms with Crippen molar-refractivity contribution in [3.63, 3.8) is 0 Å². The Hall–Kier alpha value is -1.10. The quantitative estimate of drug-likeness (QED) is 0.921. The molecule has 0 aromatic carbocycles. The normalized spacial score (nSPS) is 12.6. The van der Waals surface area contributed by atoms with Gasteiger partial charge in [-0.3, -0.25) is 9.67 Å². The molecule has 0 amide bonds. The molecule has 19 heavy (non-hydrogen) atoms. The average molecular weight is 299 g/mol. The first-order valence-electron chi connectivity index (χ1n) is 6.16. The lowest BCUT2D eigenvalue weighted by atomic mass is 10.1. The van der Waals surface area contributed by atoms with E-state index in [0.29, 0.717) is 10.0 Å². The van der Waals surface area contributed by atoms with Gasteiger partial charge < -0.3 is 5.32 Å². The molecule has 2 aromatic rings. The van der Waals surface area contributed by atoms with E-state index in [1.54, 1.807) is 12.3 Å². The Labute approximate surface area is 122 Å². The van der Waals surface area contributed by atoms with Gasteiger partial charge in [0.1, 0.15) is 0 Å². The highest BCUT2D eigenvalue weighted by atomic mass is 35.5. The third-order valence-electron chi connectivity index (χ3n) is 2.84. The first kappa shape index (κ1) is 14.3. The molecule has 0 saturated heterocycles. The SMILES string of the molecule is CCCn1cc(C(NC)c2ncc(Cl)cc2Cl)cn1. The Balaban J connectivity index is 2.32. The molecule has 0 aliphatic heterocycles. The van der Waals surface area contributed by atoms with Gasteiger partial charge in [-0.1, -0.05) is 30.1 Å². The van der Waals surface area contributed by atoms with Gasteiger partial charge in [-0.15, -0.1) is 0 Å². The van der Waals surface area contributed by atoms with Crippen molar-refractivity contribution < 1.29 is 0 Å². The Morgan fingerprint density at radius 1 is 1.37 bits per heavy atom. The second kappa shape index (κ2) is 6.37. The molecule has 2 aromatic heterocycles. The van der Waals surface area contributed by atoms with Gasteiger partial charge in [-0.2, -0.15) is 5.10 Å². The molecule has 0 radical (unpaired) electrons. The van der Waals surface area contributed by atoms with Crippen LogP contribution < -0.4 is 5.32 Å². The minimum absolute atomic E-state index is 0.0876. The smallest absolute Gasteiger partial charge is 0.0806 e. The number of aryl methyl sites for hydroxylation is 1. The molecular formula is C13H16Cl2N4. The van der Waals surface area contributed by atoms with Crippen molar-refractivity contribution >= 4 is 23.2 Å². The van der Waals surface area contributed by atoms with E-state index in [-0.39, 0.29) is 6.04 Å².